The molecular formula is C37H47FN6O10S. The summed E-state index contributed by atoms with van der Waals surface area (Å²) >= 11 is 0. The Kier molecular flexibility index (Phi) is 11.5. The number of carbonyl (C=O) groups excluding carboxylic acids is 6. The molecule has 6 amide bonds. The number of sulfonamides is 1. The molecule has 2 heterocycles. The molecule has 3 aliphatic carbocycles. The van der Waals surface area contributed by atoms with Gasteiger partial charge in [0.25, 0.3) is 5.91 Å². The average molecular weight is 787 g/mol. The van der Waals surface area contributed by atoms with E-state index in [2.05, 4.69) is 28.5 Å². The Labute approximate surface area is 318 Å². The van der Waals surface area contributed by atoms with Crippen LogP contribution < -0.4 is 15.4 Å². The van der Waals surface area contributed by atoms with Gasteiger partial charge in [0, 0.05) is 38.0 Å². The van der Waals surface area contributed by atoms with Crippen LogP contribution in [0.2, 0.25) is 0 Å². The van der Waals surface area contributed by atoms with E-state index in [4.69, 9.17) is 9.47 Å². The minimum Gasteiger partial charge on any atom is -0.446 e. The lowest BCUT2D eigenvalue weighted by atomic mass is 10.1. The molecule has 3 saturated carbocycles. The van der Waals surface area contributed by atoms with E-state index in [1.807, 2.05) is 0 Å². The van der Waals surface area contributed by atoms with Crippen LogP contribution in [0.25, 0.3) is 0 Å². The molecule has 298 valence electrons. The highest BCUT2D eigenvalue weighted by Crippen LogP contribution is 2.45. The first kappa shape index (κ1) is 39.7. The second kappa shape index (κ2) is 16.0. The second-order valence-corrected chi connectivity index (χ2v) is 16.9. The molecule has 2 aliphatic heterocycles. The van der Waals surface area contributed by atoms with Crippen molar-refractivity contribution < 1.29 is 51.0 Å². The van der Waals surface area contributed by atoms with E-state index in [9.17, 15) is 41.6 Å². The summed E-state index contributed by atoms with van der Waals surface area (Å²) in [6.45, 7) is 6.94. The van der Waals surface area contributed by atoms with Crippen LogP contribution in [0.4, 0.5) is 14.0 Å². The lowest BCUT2D eigenvalue weighted by molar-refractivity contribution is -0.141. The summed E-state index contributed by atoms with van der Waals surface area (Å²) in [5.74, 6) is -4.00. The largest absolute Gasteiger partial charge is 0.446 e. The number of ether oxygens (including phenoxy) is 2. The average Bonchev–Trinajstić information content (AvgIpc) is 3.95. The van der Waals surface area contributed by atoms with Gasteiger partial charge in [-0.15, -0.1) is 6.58 Å². The van der Waals surface area contributed by atoms with E-state index >= 15 is 0 Å². The molecular weight excluding hydrogens is 740 g/mol. The maximum absolute atomic E-state index is 14.5. The van der Waals surface area contributed by atoms with Gasteiger partial charge in [-0.25, -0.2) is 22.4 Å². The molecule has 4 fully saturated rings. The number of halogens is 1. The van der Waals surface area contributed by atoms with E-state index in [0.29, 0.717) is 36.8 Å². The monoisotopic (exact) mass is 786 g/mol. The summed E-state index contributed by atoms with van der Waals surface area (Å²) in [6.07, 6.45) is 3.16. The minimum atomic E-state index is -3.97. The lowest BCUT2D eigenvalue weighted by Crippen LogP contribution is -2.58. The van der Waals surface area contributed by atoms with Gasteiger partial charge in [0.2, 0.25) is 27.7 Å². The molecule has 0 unspecified atom stereocenters. The molecule has 0 bridgehead atoms. The normalized spacial score (nSPS) is 24.9. The van der Waals surface area contributed by atoms with E-state index in [-0.39, 0.29) is 51.5 Å². The Morgan fingerprint density at radius 2 is 1.78 bits per heavy atom. The fourth-order valence-corrected chi connectivity index (χ4v) is 8.87. The highest BCUT2D eigenvalue weighted by Gasteiger charge is 2.62. The number of carbonyl (C=O) groups is 6. The van der Waals surface area contributed by atoms with Crippen LogP contribution in [0.3, 0.4) is 0 Å². The van der Waals surface area contributed by atoms with Crippen molar-refractivity contribution in [2.75, 3.05) is 20.1 Å². The lowest BCUT2D eigenvalue weighted by Gasteiger charge is -2.30. The third-order valence-corrected chi connectivity index (χ3v) is 12.8. The predicted molar refractivity (Wildman–Crippen MR) is 193 cm³/mol. The zero-order chi connectivity index (χ0) is 39.7. The first-order valence-corrected chi connectivity index (χ1v) is 20.1. The molecule has 3 N–H and O–H groups in total. The van der Waals surface area contributed by atoms with Gasteiger partial charge in [0.15, 0.2) is 0 Å². The number of likely N-dealkylation sites (N-methyl/N-ethyl adjacent to an activating group) is 1. The minimum absolute atomic E-state index is 0.0000694. The fraction of sp³-hybridized carbons (Fsp3) is 0.568. The first-order valence-electron chi connectivity index (χ1n) is 18.5. The summed E-state index contributed by atoms with van der Waals surface area (Å²) in [5.41, 5.74) is -0.692. The van der Waals surface area contributed by atoms with Crippen LogP contribution in [-0.2, 0) is 51.8 Å². The highest BCUT2D eigenvalue weighted by molar-refractivity contribution is 7.91. The van der Waals surface area contributed by atoms with E-state index in [0.717, 1.165) is 23.8 Å². The van der Waals surface area contributed by atoms with Crippen molar-refractivity contribution in [1.82, 2.24) is 30.1 Å². The van der Waals surface area contributed by atoms with E-state index < -0.39 is 86.6 Å². The Morgan fingerprint density at radius 1 is 1.05 bits per heavy atom. The number of nitrogens with zero attached hydrogens (tertiary/aromatic N) is 3. The second-order valence-electron chi connectivity index (χ2n) is 14.9. The zero-order valence-electron chi connectivity index (χ0n) is 30.7. The number of hydrogen-bond acceptors (Lipinski definition) is 10. The molecule has 6 rings (SSSR count). The molecule has 1 aromatic carbocycles. The molecule has 55 heavy (non-hydrogen) atoms. The first-order chi connectivity index (χ1) is 26.1. The maximum Gasteiger partial charge on any atom is 0.410 e. The van der Waals surface area contributed by atoms with Gasteiger partial charge in [0.05, 0.1) is 18.3 Å². The van der Waals surface area contributed by atoms with Crippen molar-refractivity contribution in [2.45, 2.75) is 106 Å². The van der Waals surface area contributed by atoms with Crippen molar-refractivity contribution in [3.05, 3.63) is 60.5 Å². The van der Waals surface area contributed by atoms with Gasteiger partial charge in [0.1, 0.15) is 35.6 Å². The van der Waals surface area contributed by atoms with Gasteiger partial charge in [-0.1, -0.05) is 24.8 Å². The number of fused-ring (bicyclic) bond motifs is 1. The zero-order valence-corrected chi connectivity index (χ0v) is 31.5. The van der Waals surface area contributed by atoms with Crippen molar-refractivity contribution in [3.63, 3.8) is 0 Å². The molecule has 16 nitrogen and oxygen atoms in total. The Morgan fingerprint density at radius 3 is 2.42 bits per heavy atom. The summed E-state index contributed by atoms with van der Waals surface area (Å²) < 4.78 is 53.2. The standard InChI is InChI=1S/C37H47FN6O10S/c1-4-23-18-37(23,34(48)41-55(51,52)26-13-14-26)40-32(46)30-17-25(54-36(50)43-19-22-9-8-12-28(38)27(22)21-43)20-44(30)33(47)29(15-16-42(3)31(45)5-2)39-35(49)53-24-10-6-7-11-24/h4-5,8-9,12,23-26,29-30H,1-2,6-7,10-11,13-21H2,3H3,(H,39,49)(H,40,46)(H,41,48)/t23-,25-,29+,30+,37-/m1/s1. The molecule has 5 aliphatic rings. The van der Waals surface area contributed by atoms with E-state index in [1.165, 1.54) is 35.1 Å². The topological polar surface area (TPSA) is 201 Å². The summed E-state index contributed by atoms with van der Waals surface area (Å²) in [4.78, 5) is 84.6. The van der Waals surface area contributed by atoms with Crippen molar-refractivity contribution in [2.24, 2.45) is 5.92 Å². The van der Waals surface area contributed by atoms with Crippen molar-refractivity contribution in [1.29, 1.82) is 0 Å². The van der Waals surface area contributed by atoms with Gasteiger partial charge >= 0.3 is 12.2 Å². The Balaban J connectivity index is 1.23. The van der Waals surface area contributed by atoms with Crippen LogP contribution in [0.1, 0.15) is 68.9 Å². The molecule has 0 aromatic heterocycles. The van der Waals surface area contributed by atoms with Gasteiger partial charge in [-0.3, -0.25) is 28.8 Å². The SMILES string of the molecule is C=CC(=O)N(C)CC[C@H](NC(=O)OC1CCCC1)C(=O)N1C[C@H](OC(=O)N2Cc3cccc(F)c3C2)C[C@H]1C(=O)N[C@]1(C(=O)NS(=O)(=O)C2CC2)C[C@H]1C=C. The number of benzene rings is 1. The number of nitrogens with one attached hydrogen (secondary N) is 3. The van der Waals surface area contributed by atoms with Crippen molar-refractivity contribution >= 4 is 45.8 Å². The summed E-state index contributed by atoms with van der Waals surface area (Å²) in [6, 6.07) is 1.87. The summed E-state index contributed by atoms with van der Waals surface area (Å²) in [7, 11) is -2.48. The molecule has 1 saturated heterocycles. The van der Waals surface area contributed by atoms with Crippen LogP contribution in [0, 0.1) is 11.7 Å². The van der Waals surface area contributed by atoms with Crippen LogP contribution in [-0.4, -0.2) is 114 Å². The molecule has 0 radical (unpaired) electrons. The van der Waals surface area contributed by atoms with Crippen molar-refractivity contribution in [3.8, 4) is 0 Å². The fourth-order valence-electron chi connectivity index (χ4n) is 7.50. The molecule has 1 aromatic rings. The number of likely N-dealkylation sites (tertiary alicyclic amines) is 1. The van der Waals surface area contributed by atoms with E-state index in [1.54, 1.807) is 6.07 Å². The molecule has 18 heteroatoms. The third kappa shape index (κ3) is 8.79. The van der Waals surface area contributed by atoms with Crippen LogP contribution >= 0.6 is 0 Å². The van der Waals surface area contributed by atoms with Crippen LogP contribution in [0.15, 0.2) is 43.5 Å². The van der Waals surface area contributed by atoms with Gasteiger partial charge in [-0.2, -0.15) is 0 Å². The molecule has 0 spiro atoms. The maximum atomic E-state index is 14.5. The highest BCUT2D eigenvalue weighted by atomic mass is 32.2. The number of hydrogen-bond donors (Lipinski definition) is 3. The Bertz CT molecular complexity index is 1870. The smallest absolute Gasteiger partial charge is 0.410 e. The number of amides is 6. The number of rotatable bonds is 14. The summed E-state index contributed by atoms with van der Waals surface area (Å²) in [5, 5.41) is 4.58. The Hall–Kier alpha value is -5.00. The van der Waals surface area contributed by atoms with Crippen LogP contribution in [0.5, 0.6) is 0 Å². The van der Waals surface area contributed by atoms with Gasteiger partial charge < -0.3 is 29.9 Å². The predicted octanol–water partition coefficient (Wildman–Crippen LogP) is 1.99. The quantitative estimate of drug-likeness (QED) is 0.185. The van der Waals surface area contributed by atoms with Gasteiger partial charge in [-0.05, 0) is 69.1 Å². The molecule has 5 atom stereocenters. The number of alkyl carbamates (subject to hydrolysis) is 1. The third-order valence-electron chi connectivity index (χ3n) is 11.0.